The van der Waals surface area contributed by atoms with Crippen LogP contribution in [0.4, 0.5) is 5.82 Å². The molecule has 1 fully saturated rings. The molecule has 1 saturated heterocycles. The van der Waals surface area contributed by atoms with E-state index in [0.717, 1.165) is 44.2 Å². The maximum Gasteiger partial charge on any atom is 0.252 e. The average molecular weight is 250 g/mol. The first-order valence-electron chi connectivity index (χ1n) is 6.73. The van der Waals surface area contributed by atoms with E-state index in [0.29, 0.717) is 6.04 Å². The molecule has 1 atom stereocenters. The lowest BCUT2D eigenvalue weighted by Gasteiger charge is -2.39. The number of H-pyrrole nitrogens is 1. The van der Waals surface area contributed by atoms with E-state index >= 15 is 0 Å². The van der Waals surface area contributed by atoms with Crippen molar-refractivity contribution in [2.75, 3.05) is 31.1 Å². The van der Waals surface area contributed by atoms with E-state index in [1.165, 1.54) is 0 Å². The summed E-state index contributed by atoms with van der Waals surface area (Å²) in [6.45, 7) is 10.4. The molecule has 0 aliphatic carbocycles. The zero-order valence-corrected chi connectivity index (χ0v) is 11.4. The fourth-order valence-electron chi connectivity index (χ4n) is 2.50. The number of hydrogen-bond acceptors (Lipinski definition) is 4. The highest BCUT2D eigenvalue weighted by molar-refractivity contribution is 5.38. The van der Waals surface area contributed by atoms with Crippen LogP contribution in [0, 0.1) is 0 Å². The Morgan fingerprint density at radius 2 is 2.22 bits per heavy atom. The second-order valence-corrected chi connectivity index (χ2v) is 4.83. The second kappa shape index (κ2) is 5.52. The largest absolute Gasteiger partial charge is 0.354 e. The molecular weight excluding hydrogens is 228 g/mol. The topological polar surface area (TPSA) is 52.2 Å². The van der Waals surface area contributed by atoms with Crippen LogP contribution in [-0.4, -0.2) is 47.1 Å². The third kappa shape index (κ3) is 2.72. The molecule has 1 N–H and O–H groups in total. The first-order valence-corrected chi connectivity index (χ1v) is 6.73. The Bertz CT molecular complexity index is 457. The molecule has 1 aromatic rings. The van der Waals surface area contributed by atoms with E-state index < -0.39 is 0 Å². The van der Waals surface area contributed by atoms with Crippen molar-refractivity contribution in [3.05, 3.63) is 22.2 Å². The van der Waals surface area contributed by atoms with E-state index in [1.807, 2.05) is 6.92 Å². The Morgan fingerprint density at radius 1 is 1.44 bits per heavy atom. The van der Waals surface area contributed by atoms with Crippen LogP contribution in [0.5, 0.6) is 0 Å². The Labute approximate surface area is 108 Å². The molecule has 2 heterocycles. The van der Waals surface area contributed by atoms with Crippen molar-refractivity contribution in [2.45, 2.75) is 33.2 Å². The number of hydrogen-bond donors (Lipinski definition) is 1. The van der Waals surface area contributed by atoms with Gasteiger partial charge in [-0.25, -0.2) is 4.98 Å². The molecule has 1 aliphatic heterocycles. The van der Waals surface area contributed by atoms with Crippen molar-refractivity contribution >= 4 is 5.82 Å². The van der Waals surface area contributed by atoms with E-state index in [1.54, 1.807) is 6.07 Å². The van der Waals surface area contributed by atoms with E-state index in [2.05, 4.69) is 33.6 Å². The van der Waals surface area contributed by atoms with Gasteiger partial charge in [0.25, 0.3) is 5.56 Å². The number of piperazine rings is 1. The molecule has 2 rings (SSSR count). The number of rotatable bonds is 3. The molecule has 1 unspecified atom stereocenters. The summed E-state index contributed by atoms with van der Waals surface area (Å²) >= 11 is 0. The molecule has 0 radical (unpaired) electrons. The predicted molar refractivity (Wildman–Crippen MR) is 73.2 cm³/mol. The first-order chi connectivity index (χ1) is 8.63. The molecular formula is C13H22N4O. The van der Waals surface area contributed by atoms with Crippen LogP contribution in [0.25, 0.3) is 0 Å². The standard InChI is InChI=1S/C13H22N4O/c1-4-11-14-12(8-13(18)15-11)17-7-6-16(5-2)10(3)9-17/h8,10H,4-7,9H2,1-3H3,(H,14,15,18). The van der Waals surface area contributed by atoms with Crippen LogP contribution in [0.15, 0.2) is 10.9 Å². The van der Waals surface area contributed by atoms with Gasteiger partial charge in [-0.05, 0) is 13.5 Å². The quantitative estimate of drug-likeness (QED) is 0.864. The second-order valence-electron chi connectivity index (χ2n) is 4.83. The van der Waals surface area contributed by atoms with Gasteiger partial charge in [-0.15, -0.1) is 0 Å². The van der Waals surface area contributed by atoms with Gasteiger partial charge >= 0.3 is 0 Å². The molecule has 5 nitrogen and oxygen atoms in total. The molecule has 0 bridgehead atoms. The highest BCUT2D eigenvalue weighted by Gasteiger charge is 2.23. The van der Waals surface area contributed by atoms with Gasteiger partial charge in [0.05, 0.1) is 0 Å². The number of nitrogens with one attached hydrogen (secondary N) is 1. The lowest BCUT2D eigenvalue weighted by Crippen LogP contribution is -2.52. The van der Waals surface area contributed by atoms with Crippen molar-refractivity contribution in [2.24, 2.45) is 0 Å². The summed E-state index contributed by atoms with van der Waals surface area (Å²) in [7, 11) is 0. The lowest BCUT2D eigenvalue weighted by molar-refractivity contribution is 0.199. The Hall–Kier alpha value is -1.36. The summed E-state index contributed by atoms with van der Waals surface area (Å²) in [5.41, 5.74) is -0.0533. The van der Waals surface area contributed by atoms with Crippen LogP contribution >= 0.6 is 0 Å². The monoisotopic (exact) mass is 250 g/mol. The van der Waals surface area contributed by atoms with Crippen LogP contribution in [0.3, 0.4) is 0 Å². The van der Waals surface area contributed by atoms with Crippen LogP contribution in [0.2, 0.25) is 0 Å². The minimum absolute atomic E-state index is 0.0533. The van der Waals surface area contributed by atoms with Crippen molar-refractivity contribution < 1.29 is 0 Å². The number of nitrogens with zero attached hydrogens (tertiary/aromatic N) is 3. The van der Waals surface area contributed by atoms with Gasteiger partial charge in [0.1, 0.15) is 11.6 Å². The first kappa shape index (κ1) is 13.1. The van der Waals surface area contributed by atoms with Gasteiger partial charge < -0.3 is 9.88 Å². The molecule has 0 aromatic carbocycles. The molecule has 1 aliphatic rings. The molecule has 100 valence electrons. The summed E-state index contributed by atoms with van der Waals surface area (Å²) in [5.74, 6) is 1.58. The van der Waals surface area contributed by atoms with Gasteiger partial charge in [0.15, 0.2) is 0 Å². The molecule has 0 amide bonds. The average Bonchev–Trinajstić information content (AvgIpc) is 2.37. The Balaban J connectivity index is 2.17. The molecule has 18 heavy (non-hydrogen) atoms. The zero-order chi connectivity index (χ0) is 13.1. The van der Waals surface area contributed by atoms with Crippen LogP contribution < -0.4 is 10.5 Å². The SMILES string of the molecule is CCc1nc(N2CCN(CC)C(C)C2)cc(=O)[nH]1. The van der Waals surface area contributed by atoms with E-state index in [-0.39, 0.29) is 5.56 Å². The molecule has 0 spiro atoms. The number of likely N-dealkylation sites (N-methyl/N-ethyl adjacent to an activating group) is 1. The zero-order valence-electron chi connectivity index (χ0n) is 11.4. The molecule has 0 saturated carbocycles. The Kier molecular flexibility index (Phi) is 4.01. The van der Waals surface area contributed by atoms with Gasteiger partial charge in [-0.2, -0.15) is 0 Å². The van der Waals surface area contributed by atoms with Crippen molar-refractivity contribution in [1.82, 2.24) is 14.9 Å². The van der Waals surface area contributed by atoms with Crippen molar-refractivity contribution in [1.29, 1.82) is 0 Å². The van der Waals surface area contributed by atoms with Crippen LogP contribution in [-0.2, 0) is 6.42 Å². The summed E-state index contributed by atoms with van der Waals surface area (Å²) in [4.78, 5) is 23.5. The fourth-order valence-corrected chi connectivity index (χ4v) is 2.50. The maximum atomic E-state index is 11.6. The molecule has 1 aromatic heterocycles. The summed E-state index contributed by atoms with van der Waals surface area (Å²) in [5, 5.41) is 0. The Morgan fingerprint density at radius 3 is 2.83 bits per heavy atom. The van der Waals surface area contributed by atoms with Gasteiger partial charge in [-0.3, -0.25) is 9.69 Å². The summed E-state index contributed by atoms with van der Waals surface area (Å²) in [6.07, 6.45) is 0.757. The summed E-state index contributed by atoms with van der Waals surface area (Å²) in [6, 6.07) is 2.11. The smallest absolute Gasteiger partial charge is 0.252 e. The van der Waals surface area contributed by atoms with Crippen molar-refractivity contribution in [3.8, 4) is 0 Å². The van der Waals surface area contributed by atoms with Crippen molar-refractivity contribution in [3.63, 3.8) is 0 Å². The van der Waals surface area contributed by atoms with Crippen LogP contribution in [0.1, 0.15) is 26.6 Å². The lowest BCUT2D eigenvalue weighted by atomic mass is 10.2. The van der Waals surface area contributed by atoms with Gasteiger partial charge in [-0.1, -0.05) is 13.8 Å². The highest BCUT2D eigenvalue weighted by atomic mass is 16.1. The van der Waals surface area contributed by atoms with E-state index in [9.17, 15) is 4.79 Å². The molecule has 5 heteroatoms. The number of aryl methyl sites for hydroxylation is 1. The normalized spacial score (nSPS) is 21.3. The number of aromatic nitrogens is 2. The van der Waals surface area contributed by atoms with Gasteiger partial charge in [0.2, 0.25) is 0 Å². The number of anilines is 1. The third-order valence-corrected chi connectivity index (χ3v) is 3.61. The fraction of sp³-hybridized carbons (Fsp3) is 0.692. The maximum absolute atomic E-state index is 11.6. The minimum Gasteiger partial charge on any atom is -0.354 e. The van der Waals surface area contributed by atoms with Gasteiger partial charge in [0, 0.05) is 38.2 Å². The third-order valence-electron chi connectivity index (χ3n) is 3.61. The number of aromatic amines is 1. The highest BCUT2D eigenvalue weighted by Crippen LogP contribution is 2.15. The van der Waals surface area contributed by atoms with E-state index in [4.69, 9.17) is 0 Å². The summed E-state index contributed by atoms with van der Waals surface area (Å²) < 4.78 is 0. The predicted octanol–water partition coefficient (Wildman–Crippen LogP) is 0.863. The minimum atomic E-state index is -0.0533.